The Balaban J connectivity index is 0. The zero-order valence-electron chi connectivity index (χ0n) is 4.70. The van der Waals surface area contributed by atoms with Crippen molar-refractivity contribution >= 4 is 9.24 Å². The molecule has 0 rings (SSSR count). The van der Waals surface area contributed by atoms with E-state index in [2.05, 4.69) is 9.24 Å². The fourth-order valence-electron chi connectivity index (χ4n) is 0.0998. The summed E-state index contributed by atoms with van der Waals surface area (Å²) in [4.78, 5) is 0. The number of hydrogen-bond acceptors (Lipinski definition) is 3. The Hall–Kier alpha value is 1.31. The molecule has 3 nitrogen and oxygen atoms in total. The summed E-state index contributed by atoms with van der Waals surface area (Å²) in [7, 11) is 2.69. The molecular weight excluding hydrogens is 138 g/mol. The maximum atomic E-state index is 8.39. The van der Waals surface area contributed by atoms with E-state index in [0.29, 0.717) is 0 Å². The van der Waals surface area contributed by atoms with Crippen LogP contribution in [-0.2, 0) is 0 Å². The molecule has 0 saturated heterocycles. The quantitative estimate of drug-likeness (QED) is 0.273. The van der Waals surface area contributed by atoms with Crippen molar-refractivity contribution in [1.82, 2.24) is 0 Å². The predicted octanol–water partition coefficient (Wildman–Crippen LogP) is -4.20. The average molecular weight is 146 g/mol. The molecule has 0 aliphatic carbocycles. The van der Waals surface area contributed by atoms with Crippen molar-refractivity contribution in [3.63, 3.8) is 0 Å². The number of rotatable bonds is 2. The van der Waals surface area contributed by atoms with E-state index in [1.807, 2.05) is 0 Å². The first-order valence-electron chi connectivity index (χ1n) is 1.86. The Kier molecular flexibility index (Phi) is 9.67. The summed E-state index contributed by atoms with van der Waals surface area (Å²) in [6, 6.07) is 0. The summed E-state index contributed by atoms with van der Waals surface area (Å²) in [6.07, 6.45) is -1.07. The molecule has 0 aliphatic heterocycles. The Morgan fingerprint density at radius 1 is 1.38 bits per heavy atom. The molecule has 0 bridgehead atoms. The van der Waals surface area contributed by atoms with Crippen LogP contribution in [0.15, 0.2) is 0 Å². The molecule has 0 heterocycles. The normalized spacial score (nSPS) is 16.5. The molecule has 0 saturated carbocycles. The summed E-state index contributed by atoms with van der Waals surface area (Å²) < 4.78 is 0. The van der Waals surface area contributed by atoms with Crippen LogP contribution in [0, 0.1) is 0 Å². The largest absolute Gasteiger partial charge is 1.00 e. The standard InChI is InChI=1S/C3H8O3P.Na/c4-1-2(5)3(6)7;/h2-7H,1H2;/q-1;+1. The van der Waals surface area contributed by atoms with Crippen LogP contribution in [0.4, 0.5) is 0 Å². The Bertz CT molecular complexity index is 51.8. The summed E-state index contributed by atoms with van der Waals surface area (Å²) in [5, 5.41) is 24.8. The van der Waals surface area contributed by atoms with E-state index in [4.69, 9.17) is 15.3 Å². The van der Waals surface area contributed by atoms with Crippen LogP contribution in [0.2, 0.25) is 0 Å². The number of aliphatic hydroxyl groups excluding tert-OH is 3. The fourth-order valence-corrected chi connectivity index (χ4v) is 0.205. The summed E-state index contributed by atoms with van der Waals surface area (Å²) >= 11 is 0. The van der Waals surface area contributed by atoms with Gasteiger partial charge in [-0.2, -0.15) is 0 Å². The van der Waals surface area contributed by atoms with Gasteiger partial charge in [0.2, 0.25) is 0 Å². The first-order chi connectivity index (χ1) is 3.18. The van der Waals surface area contributed by atoms with Gasteiger partial charge in [-0.05, 0) is 5.85 Å². The van der Waals surface area contributed by atoms with Gasteiger partial charge in [0.25, 0.3) is 0 Å². The maximum Gasteiger partial charge on any atom is 1.00 e. The Labute approximate surface area is 72.6 Å². The van der Waals surface area contributed by atoms with Gasteiger partial charge < -0.3 is 24.6 Å². The molecule has 0 aromatic rings. The van der Waals surface area contributed by atoms with Crippen molar-refractivity contribution in [3.05, 3.63) is 0 Å². The van der Waals surface area contributed by atoms with Crippen LogP contribution in [-0.4, -0.2) is 33.9 Å². The molecule has 0 spiro atoms. The van der Waals surface area contributed by atoms with Crippen LogP contribution in [0.5, 0.6) is 0 Å². The van der Waals surface area contributed by atoms with Gasteiger partial charge in [0, 0.05) is 0 Å². The molecular formula is C3H8NaO3P. The molecule has 0 amide bonds. The van der Waals surface area contributed by atoms with Crippen molar-refractivity contribution in [2.75, 3.05) is 6.61 Å². The molecule has 2 atom stereocenters. The van der Waals surface area contributed by atoms with Crippen molar-refractivity contribution in [2.24, 2.45) is 0 Å². The van der Waals surface area contributed by atoms with Crippen molar-refractivity contribution in [2.45, 2.75) is 11.9 Å². The zero-order valence-corrected chi connectivity index (χ0v) is 7.70. The predicted molar refractivity (Wildman–Crippen MR) is 27.4 cm³/mol. The molecule has 0 aromatic carbocycles. The third kappa shape index (κ3) is 5.45. The molecule has 0 aliphatic rings. The molecule has 0 aromatic heterocycles. The zero-order chi connectivity index (χ0) is 5.86. The first kappa shape index (κ1) is 12.0. The van der Waals surface area contributed by atoms with E-state index in [9.17, 15) is 0 Å². The van der Waals surface area contributed by atoms with Gasteiger partial charge in [0.15, 0.2) is 0 Å². The van der Waals surface area contributed by atoms with E-state index in [1.54, 1.807) is 0 Å². The van der Waals surface area contributed by atoms with Crippen LogP contribution in [0.3, 0.4) is 0 Å². The molecule has 3 N–H and O–H groups in total. The van der Waals surface area contributed by atoms with Crippen molar-refractivity contribution < 1.29 is 44.9 Å². The van der Waals surface area contributed by atoms with E-state index in [0.717, 1.165) is 0 Å². The maximum absolute atomic E-state index is 8.39. The van der Waals surface area contributed by atoms with Gasteiger partial charge in [-0.15, -0.1) is 0 Å². The fraction of sp³-hybridized carbons (Fsp3) is 1.00. The van der Waals surface area contributed by atoms with Crippen molar-refractivity contribution in [3.8, 4) is 0 Å². The summed E-state index contributed by atoms with van der Waals surface area (Å²) in [5.74, 6) is -1.02. The van der Waals surface area contributed by atoms with Gasteiger partial charge in [-0.1, -0.05) is 0 Å². The van der Waals surface area contributed by atoms with E-state index < -0.39 is 18.6 Å². The minimum Gasteiger partial charge on any atom is -0.524 e. The first-order valence-corrected chi connectivity index (χ1v) is 2.44. The molecule has 8 heavy (non-hydrogen) atoms. The van der Waals surface area contributed by atoms with Gasteiger partial charge in [-0.25, -0.2) is 0 Å². The van der Waals surface area contributed by atoms with Crippen LogP contribution < -0.4 is 29.6 Å². The number of aliphatic hydroxyl groups is 3. The van der Waals surface area contributed by atoms with Crippen LogP contribution in [0.25, 0.3) is 0 Å². The van der Waals surface area contributed by atoms with Crippen LogP contribution >= 0.6 is 9.24 Å². The van der Waals surface area contributed by atoms with Crippen molar-refractivity contribution in [1.29, 1.82) is 0 Å². The third-order valence-electron chi connectivity index (χ3n) is 0.552. The summed E-state index contributed by atoms with van der Waals surface area (Å²) in [6.45, 7) is -0.426. The van der Waals surface area contributed by atoms with E-state index in [1.165, 1.54) is 0 Å². The second-order valence-electron chi connectivity index (χ2n) is 1.19. The second kappa shape index (κ2) is 6.43. The SMILES string of the molecule is OCC(O)C(O)[PH-].[Na+]. The van der Waals surface area contributed by atoms with Gasteiger partial charge in [-0.3, -0.25) is 0 Å². The minimum absolute atomic E-state index is 0. The summed E-state index contributed by atoms with van der Waals surface area (Å²) in [5.41, 5.74) is 0. The topological polar surface area (TPSA) is 60.7 Å². The molecule has 2 unspecified atom stereocenters. The molecule has 0 radical (unpaired) electrons. The second-order valence-corrected chi connectivity index (χ2v) is 1.79. The Morgan fingerprint density at radius 2 is 1.75 bits per heavy atom. The average Bonchev–Trinajstić information content (AvgIpc) is 1.65. The molecule has 5 heteroatoms. The Morgan fingerprint density at radius 3 is 1.75 bits per heavy atom. The van der Waals surface area contributed by atoms with Crippen LogP contribution in [0.1, 0.15) is 0 Å². The van der Waals surface area contributed by atoms with Gasteiger partial charge in [0.05, 0.1) is 12.7 Å². The number of hydrogen-bond donors (Lipinski definition) is 3. The molecule has 44 valence electrons. The third-order valence-corrected chi connectivity index (χ3v) is 0.936. The van der Waals surface area contributed by atoms with E-state index >= 15 is 0 Å². The van der Waals surface area contributed by atoms with E-state index in [-0.39, 0.29) is 29.6 Å². The minimum atomic E-state index is -1.07. The molecule has 0 fully saturated rings. The van der Waals surface area contributed by atoms with Gasteiger partial charge >= 0.3 is 29.6 Å². The smallest absolute Gasteiger partial charge is 0.524 e. The monoisotopic (exact) mass is 146 g/mol. The van der Waals surface area contributed by atoms with Gasteiger partial charge in [0.1, 0.15) is 0 Å².